The number of ether oxygens (including phenoxy) is 2. The zero-order valence-electron chi connectivity index (χ0n) is 18.8. The maximum absolute atomic E-state index is 9.14. The second kappa shape index (κ2) is 9.65. The van der Waals surface area contributed by atoms with Crippen molar-refractivity contribution < 1.29 is 9.47 Å². The van der Waals surface area contributed by atoms with Gasteiger partial charge in [0.15, 0.2) is 0 Å². The summed E-state index contributed by atoms with van der Waals surface area (Å²) in [7, 11) is 3.23. The summed E-state index contributed by atoms with van der Waals surface area (Å²) in [6, 6.07) is 18.8. The molecule has 3 aromatic rings. The molecule has 1 aromatic heterocycles. The lowest BCUT2D eigenvalue weighted by molar-refractivity contribution is 0.344. The van der Waals surface area contributed by atoms with E-state index >= 15 is 0 Å². The number of aryl methyl sites for hydroxylation is 1. The normalized spacial score (nSPS) is 15.6. The van der Waals surface area contributed by atoms with Gasteiger partial charge in [0.25, 0.3) is 0 Å². The van der Waals surface area contributed by atoms with Crippen molar-refractivity contribution in [1.82, 2.24) is 9.97 Å². The van der Waals surface area contributed by atoms with Gasteiger partial charge >= 0.3 is 6.01 Å². The third-order valence-corrected chi connectivity index (χ3v) is 6.08. The lowest BCUT2D eigenvalue weighted by atomic mass is 9.82. The molecule has 0 bridgehead atoms. The van der Waals surface area contributed by atoms with Crippen LogP contribution in [0.3, 0.4) is 0 Å². The van der Waals surface area contributed by atoms with E-state index in [-0.39, 0.29) is 5.92 Å². The van der Waals surface area contributed by atoms with Crippen molar-refractivity contribution >= 4 is 5.57 Å². The Morgan fingerprint density at radius 2 is 1.88 bits per heavy atom. The fourth-order valence-corrected chi connectivity index (χ4v) is 4.44. The fraction of sp³-hybridized carbons (Fsp3) is 0.296. The molecule has 1 aliphatic rings. The molecule has 0 amide bonds. The molecule has 162 valence electrons. The number of allylic oxidation sites excluding steroid dienone is 2. The van der Waals surface area contributed by atoms with Crippen LogP contribution in [0.5, 0.6) is 11.9 Å². The molecule has 0 radical (unpaired) electrons. The van der Waals surface area contributed by atoms with Crippen LogP contribution in [0.25, 0.3) is 5.57 Å². The number of aromatic nitrogens is 2. The Bertz CT molecular complexity index is 1180. The number of methoxy groups -OCH3 is 2. The van der Waals surface area contributed by atoms with Crippen LogP contribution >= 0.6 is 0 Å². The molecule has 2 aromatic carbocycles. The van der Waals surface area contributed by atoms with Gasteiger partial charge < -0.3 is 9.47 Å². The van der Waals surface area contributed by atoms with Gasteiger partial charge in [-0.1, -0.05) is 42.5 Å². The predicted octanol–water partition coefficient (Wildman–Crippen LogP) is 5.62. The monoisotopic (exact) mass is 425 g/mol. The molecule has 5 heteroatoms. The highest BCUT2D eigenvalue weighted by molar-refractivity contribution is 5.70. The quantitative estimate of drug-likeness (QED) is 0.513. The summed E-state index contributed by atoms with van der Waals surface area (Å²) < 4.78 is 11.0. The molecule has 1 aliphatic carbocycles. The molecule has 1 unspecified atom stereocenters. The molecule has 0 spiro atoms. The standard InChI is InChI=1S/C27H27N3O2/c1-18-15-20(17-28)9-14-23(18)21-10-12-22(13-11-21)25-24(16-19-7-5-4-6-8-19)26(31-2)30-27(29-25)32-3/h4-10,14-15,22H,11-13,16H2,1-3H3. The third kappa shape index (κ3) is 4.50. The summed E-state index contributed by atoms with van der Waals surface area (Å²) in [5.41, 5.74) is 7.63. The van der Waals surface area contributed by atoms with E-state index < -0.39 is 0 Å². The molecular weight excluding hydrogens is 398 g/mol. The summed E-state index contributed by atoms with van der Waals surface area (Å²) in [5, 5.41) is 9.14. The highest BCUT2D eigenvalue weighted by atomic mass is 16.5. The highest BCUT2D eigenvalue weighted by Gasteiger charge is 2.26. The van der Waals surface area contributed by atoms with Gasteiger partial charge in [-0.15, -0.1) is 0 Å². The summed E-state index contributed by atoms with van der Waals surface area (Å²) in [6.45, 7) is 2.07. The predicted molar refractivity (Wildman–Crippen MR) is 125 cm³/mol. The first kappa shape index (κ1) is 21.6. The lowest BCUT2D eigenvalue weighted by Crippen LogP contribution is -2.13. The molecule has 5 nitrogen and oxygen atoms in total. The largest absolute Gasteiger partial charge is 0.481 e. The van der Waals surface area contributed by atoms with Crippen molar-refractivity contribution in [3.8, 4) is 18.0 Å². The van der Waals surface area contributed by atoms with Crippen molar-refractivity contribution in [3.63, 3.8) is 0 Å². The smallest absolute Gasteiger partial charge is 0.319 e. The highest BCUT2D eigenvalue weighted by Crippen LogP contribution is 2.40. The Kier molecular flexibility index (Phi) is 6.51. The van der Waals surface area contributed by atoms with E-state index in [4.69, 9.17) is 19.7 Å². The average Bonchev–Trinajstić information content (AvgIpc) is 2.84. The Morgan fingerprint density at radius 3 is 2.50 bits per heavy atom. The van der Waals surface area contributed by atoms with E-state index in [1.165, 1.54) is 16.7 Å². The van der Waals surface area contributed by atoms with Gasteiger partial charge in [-0.2, -0.15) is 15.2 Å². The van der Waals surface area contributed by atoms with Crippen molar-refractivity contribution in [1.29, 1.82) is 5.26 Å². The zero-order valence-corrected chi connectivity index (χ0v) is 18.8. The lowest BCUT2D eigenvalue weighted by Gasteiger charge is -2.25. The molecule has 32 heavy (non-hydrogen) atoms. The van der Waals surface area contributed by atoms with Crippen molar-refractivity contribution in [3.05, 3.63) is 88.1 Å². The van der Waals surface area contributed by atoms with E-state index in [1.807, 2.05) is 30.3 Å². The number of nitrogens with zero attached hydrogens (tertiary/aromatic N) is 3. The van der Waals surface area contributed by atoms with Crippen LogP contribution in [-0.4, -0.2) is 24.2 Å². The summed E-state index contributed by atoms with van der Waals surface area (Å²) in [5.74, 6) is 0.843. The van der Waals surface area contributed by atoms with Crippen LogP contribution in [0.2, 0.25) is 0 Å². The number of nitriles is 1. The first-order valence-corrected chi connectivity index (χ1v) is 10.9. The summed E-state index contributed by atoms with van der Waals surface area (Å²) in [4.78, 5) is 9.23. The van der Waals surface area contributed by atoms with Crippen LogP contribution < -0.4 is 9.47 Å². The molecule has 0 saturated heterocycles. The molecule has 0 saturated carbocycles. The third-order valence-electron chi connectivity index (χ3n) is 6.08. The number of hydrogen-bond acceptors (Lipinski definition) is 5. The van der Waals surface area contributed by atoms with Crippen molar-refractivity contribution in [2.45, 2.75) is 38.5 Å². The van der Waals surface area contributed by atoms with E-state index in [0.29, 0.717) is 23.9 Å². The number of rotatable bonds is 6. The molecule has 0 N–H and O–H groups in total. The van der Waals surface area contributed by atoms with Crippen molar-refractivity contribution in [2.75, 3.05) is 14.2 Å². The minimum atomic E-state index is 0.266. The van der Waals surface area contributed by atoms with E-state index in [2.05, 4.69) is 42.3 Å². The second-order valence-electron chi connectivity index (χ2n) is 8.09. The van der Waals surface area contributed by atoms with Crippen molar-refractivity contribution in [2.24, 2.45) is 0 Å². The maximum Gasteiger partial charge on any atom is 0.319 e. The average molecular weight is 426 g/mol. The minimum Gasteiger partial charge on any atom is -0.481 e. The Morgan fingerprint density at radius 1 is 1.06 bits per heavy atom. The number of hydrogen-bond donors (Lipinski definition) is 0. The molecule has 0 fully saturated rings. The number of benzene rings is 2. The van der Waals surface area contributed by atoms with Crippen LogP contribution in [0.15, 0.2) is 54.6 Å². The van der Waals surface area contributed by atoms with Crippen LogP contribution in [-0.2, 0) is 6.42 Å². The van der Waals surface area contributed by atoms with Gasteiger partial charge in [0.05, 0.1) is 31.5 Å². The summed E-state index contributed by atoms with van der Waals surface area (Å²) >= 11 is 0. The fourth-order valence-electron chi connectivity index (χ4n) is 4.44. The second-order valence-corrected chi connectivity index (χ2v) is 8.09. The van der Waals surface area contributed by atoms with Gasteiger partial charge in [-0.05, 0) is 60.6 Å². The van der Waals surface area contributed by atoms with Gasteiger partial charge in [0.1, 0.15) is 0 Å². The first-order chi connectivity index (χ1) is 15.6. The van der Waals surface area contributed by atoms with Crippen LogP contribution in [0.4, 0.5) is 0 Å². The van der Waals surface area contributed by atoms with Crippen LogP contribution in [0, 0.1) is 18.3 Å². The van der Waals surface area contributed by atoms with Crippen LogP contribution in [0.1, 0.15) is 58.7 Å². The Labute approximate surface area is 189 Å². The Hall–Kier alpha value is -3.65. The van der Waals surface area contributed by atoms with Gasteiger partial charge in [0, 0.05) is 17.9 Å². The maximum atomic E-state index is 9.14. The van der Waals surface area contributed by atoms with E-state index in [9.17, 15) is 0 Å². The zero-order chi connectivity index (χ0) is 22.5. The Balaban J connectivity index is 1.67. The van der Waals surface area contributed by atoms with Gasteiger partial charge in [-0.25, -0.2) is 0 Å². The van der Waals surface area contributed by atoms with E-state index in [0.717, 1.165) is 36.1 Å². The molecule has 4 rings (SSSR count). The molecular formula is C27H27N3O2. The minimum absolute atomic E-state index is 0.266. The van der Waals surface area contributed by atoms with Gasteiger partial charge in [0.2, 0.25) is 5.88 Å². The first-order valence-electron chi connectivity index (χ1n) is 10.9. The topological polar surface area (TPSA) is 68.0 Å². The summed E-state index contributed by atoms with van der Waals surface area (Å²) in [6.07, 6.45) is 5.86. The van der Waals surface area contributed by atoms with E-state index in [1.54, 1.807) is 14.2 Å². The molecule has 1 atom stereocenters. The molecule has 0 aliphatic heterocycles. The SMILES string of the molecule is COc1nc(OC)c(Cc2ccccc2)c(C2CC=C(c3ccc(C#N)cc3C)CC2)n1. The van der Waals surface area contributed by atoms with Gasteiger partial charge in [-0.3, -0.25) is 0 Å². The molecule has 1 heterocycles.